The molecule has 0 saturated heterocycles. The van der Waals surface area contributed by atoms with Crippen LogP contribution in [0.1, 0.15) is 97.3 Å². The van der Waals surface area contributed by atoms with Gasteiger partial charge in [-0.05, 0) is 18.8 Å². The van der Waals surface area contributed by atoms with E-state index >= 15 is 0 Å². The summed E-state index contributed by atoms with van der Waals surface area (Å²) in [5.41, 5.74) is 0. The van der Waals surface area contributed by atoms with Gasteiger partial charge in [0.25, 0.3) is 5.91 Å². The summed E-state index contributed by atoms with van der Waals surface area (Å²) < 4.78 is 0. The second-order valence-corrected chi connectivity index (χ2v) is 5.96. The number of hydrogen-bond acceptors (Lipinski definition) is 2. The quantitative estimate of drug-likeness (QED) is 0.289. The first kappa shape index (κ1) is 19.3. The SMILES string of the molecule is CCCCCCCCC(CCCCCC)CC(=O)N=O. The number of hydrogen-bond donors (Lipinski definition) is 0. The number of nitroso groups, excluding NO2 is 1. The molecular formula is C17H33NO2. The van der Waals surface area contributed by atoms with E-state index in [0.29, 0.717) is 12.3 Å². The van der Waals surface area contributed by atoms with Crippen molar-refractivity contribution in [1.82, 2.24) is 0 Å². The summed E-state index contributed by atoms with van der Waals surface area (Å²) in [7, 11) is 0. The summed E-state index contributed by atoms with van der Waals surface area (Å²) >= 11 is 0. The molecule has 0 heterocycles. The first-order valence-electron chi connectivity index (χ1n) is 8.60. The van der Waals surface area contributed by atoms with Crippen LogP contribution in [0, 0.1) is 10.8 Å². The molecule has 0 rings (SSSR count). The fraction of sp³-hybridized carbons (Fsp3) is 0.941. The lowest BCUT2D eigenvalue weighted by molar-refractivity contribution is -0.118. The molecule has 0 aliphatic heterocycles. The summed E-state index contributed by atoms with van der Waals surface area (Å²) in [5.74, 6) is -0.0836. The topological polar surface area (TPSA) is 46.5 Å². The molecule has 0 aromatic rings. The number of unbranched alkanes of at least 4 members (excludes halogenated alkanes) is 8. The lowest BCUT2D eigenvalue weighted by Crippen LogP contribution is -2.07. The minimum absolute atomic E-state index is 0.366. The number of amides is 1. The second kappa shape index (κ2) is 14.7. The van der Waals surface area contributed by atoms with Gasteiger partial charge in [-0.2, -0.15) is 0 Å². The molecule has 0 bridgehead atoms. The highest BCUT2D eigenvalue weighted by Gasteiger charge is 2.13. The average molecular weight is 283 g/mol. The molecule has 0 radical (unpaired) electrons. The lowest BCUT2D eigenvalue weighted by atomic mass is 9.91. The Hall–Kier alpha value is -0.730. The van der Waals surface area contributed by atoms with Gasteiger partial charge in [0.2, 0.25) is 0 Å². The van der Waals surface area contributed by atoms with Gasteiger partial charge in [-0.1, -0.05) is 78.1 Å². The van der Waals surface area contributed by atoms with Crippen LogP contribution >= 0.6 is 0 Å². The zero-order valence-electron chi connectivity index (χ0n) is 13.5. The van der Waals surface area contributed by atoms with E-state index in [4.69, 9.17) is 0 Å². The third-order valence-corrected chi connectivity index (χ3v) is 4.00. The fourth-order valence-corrected chi connectivity index (χ4v) is 2.71. The van der Waals surface area contributed by atoms with Crippen molar-refractivity contribution >= 4 is 5.91 Å². The third kappa shape index (κ3) is 12.3. The van der Waals surface area contributed by atoms with Crippen LogP contribution in [0.5, 0.6) is 0 Å². The van der Waals surface area contributed by atoms with Crippen molar-refractivity contribution in [3.8, 4) is 0 Å². The lowest BCUT2D eigenvalue weighted by Gasteiger charge is -2.14. The van der Waals surface area contributed by atoms with Crippen LogP contribution in [-0.4, -0.2) is 5.91 Å². The maximum Gasteiger partial charge on any atom is 0.286 e. The fourth-order valence-electron chi connectivity index (χ4n) is 2.71. The Morgan fingerprint density at radius 3 is 1.75 bits per heavy atom. The highest BCUT2D eigenvalue weighted by atomic mass is 16.3. The first-order valence-corrected chi connectivity index (χ1v) is 8.60. The molecule has 1 amide bonds. The van der Waals surface area contributed by atoms with Crippen molar-refractivity contribution < 1.29 is 4.79 Å². The Kier molecular flexibility index (Phi) is 14.1. The predicted molar refractivity (Wildman–Crippen MR) is 85.7 cm³/mol. The highest BCUT2D eigenvalue weighted by Crippen LogP contribution is 2.22. The van der Waals surface area contributed by atoms with Crippen LogP contribution < -0.4 is 0 Å². The molecule has 0 spiro atoms. The molecule has 0 aromatic carbocycles. The third-order valence-electron chi connectivity index (χ3n) is 4.00. The van der Waals surface area contributed by atoms with E-state index in [9.17, 15) is 9.70 Å². The molecule has 118 valence electrons. The van der Waals surface area contributed by atoms with E-state index < -0.39 is 5.91 Å². The first-order chi connectivity index (χ1) is 9.74. The summed E-state index contributed by atoms with van der Waals surface area (Å²) in [6.45, 7) is 4.43. The maximum absolute atomic E-state index is 11.2. The van der Waals surface area contributed by atoms with Crippen molar-refractivity contribution in [1.29, 1.82) is 0 Å². The van der Waals surface area contributed by atoms with Crippen LogP contribution in [-0.2, 0) is 4.79 Å². The van der Waals surface area contributed by atoms with Crippen LogP contribution in [0.25, 0.3) is 0 Å². The van der Waals surface area contributed by atoms with Gasteiger partial charge < -0.3 is 0 Å². The minimum atomic E-state index is -0.462. The Morgan fingerprint density at radius 1 is 0.800 bits per heavy atom. The Bertz CT molecular complexity index is 241. The number of rotatable bonds is 14. The van der Waals surface area contributed by atoms with E-state index in [-0.39, 0.29) is 0 Å². The van der Waals surface area contributed by atoms with Crippen LogP contribution in [0.15, 0.2) is 5.18 Å². The summed E-state index contributed by atoms with van der Waals surface area (Å²) in [5, 5.41) is 2.55. The molecule has 0 aromatic heterocycles. The van der Waals surface area contributed by atoms with E-state index in [1.165, 1.54) is 64.2 Å². The molecule has 0 fully saturated rings. The minimum Gasteiger partial charge on any atom is -0.269 e. The molecule has 20 heavy (non-hydrogen) atoms. The van der Waals surface area contributed by atoms with Gasteiger partial charge in [0.1, 0.15) is 0 Å². The molecule has 3 heteroatoms. The molecule has 0 saturated carbocycles. The van der Waals surface area contributed by atoms with Crippen molar-refractivity contribution in [2.24, 2.45) is 11.1 Å². The zero-order valence-corrected chi connectivity index (χ0v) is 13.5. The summed E-state index contributed by atoms with van der Waals surface area (Å²) in [6.07, 6.45) is 15.1. The van der Waals surface area contributed by atoms with Gasteiger partial charge in [-0.15, -0.1) is 4.91 Å². The molecular weight excluding hydrogens is 250 g/mol. The molecule has 0 aliphatic rings. The highest BCUT2D eigenvalue weighted by molar-refractivity contribution is 5.76. The van der Waals surface area contributed by atoms with Crippen molar-refractivity contribution in [2.75, 3.05) is 0 Å². The van der Waals surface area contributed by atoms with Gasteiger partial charge in [0.05, 0.1) is 0 Å². The van der Waals surface area contributed by atoms with Crippen molar-refractivity contribution in [3.63, 3.8) is 0 Å². The van der Waals surface area contributed by atoms with Crippen LogP contribution in [0.4, 0.5) is 0 Å². The van der Waals surface area contributed by atoms with E-state index in [2.05, 4.69) is 19.0 Å². The summed E-state index contributed by atoms with van der Waals surface area (Å²) in [6, 6.07) is 0. The Labute approximate surface area is 124 Å². The Balaban J connectivity index is 3.79. The zero-order chi connectivity index (χ0) is 15.1. The molecule has 1 unspecified atom stereocenters. The summed E-state index contributed by atoms with van der Waals surface area (Å²) in [4.78, 5) is 21.5. The number of nitrogens with zero attached hydrogens (tertiary/aromatic N) is 1. The number of carbonyl (C=O) groups excluding carboxylic acids is 1. The van der Waals surface area contributed by atoms with Crippen LogP contribution in [0.2, 0.25) is 0 Å². The van der Waals surface area contributed by atoms with Gasteiger partial charge in [0, 0.05) is 11.6 Å². The normalized spacial score (nSPS) is 12.3. The largest absolute Gasteiger partial charge is 0.286 e. The standard InChI is InChI=1S/C17H33NO2/c1-3-5-7-9-10-12-14-16(15-17(19)18-20)13-11-8-6-4-2/h16H,3-15H2,1-2H3. The molecule has 3 nitrogen and oxygen atoms in total. The van der Waals surface area contributed by atoms with E-state index in [1.807, 2.05) is 0 Å². The smallest absolute Gasteiger partial charge is 0.269 e. The predicted octanol–water partition coefficient (Wildman–Crippen LogP) is 6.01. The maximum atomic E-state index is 11.2. The van der Waals surface area contributed by atoms with Gasteiger partial charge in [0.15, 0.2) is 0 Å². The number of carbonyl (C=O) groups is 1. The van der Waals surface area contributed by atoms with Crippen molar-refractivity contribution in [3.05, 3.63) is 4.91 Å². The molecule has 1 atom stereocenters. The van der Waals surface area contributed by atoms with Gasteiger partial charge >= 0.3 is 0 Å². The second-order valence-electron chi connectivity index (χ2n) is 5.96. The van der Waals surface area contributed by atoms with Crippen LogP contribution in [0.3, 0.4) is 0 Å². The van der Waals surface area contributed by atoms with E-state index in [0.717, 1.165) is 12.8 Å². The monoisotopic (exact) mass is 283 g/mol. The molecule has 0 aliphatic carbocycles. The van der Waals surface area contributed by atoms with Crippen molar-refractivity contribution in [2.45, 2.75) is 97.3 Å². The average Bonchev–Trinajstić information content (AvgIpc) is 2.46. The van der Waals surface area contributed by atoms with Gasteiger partial charge in [-0.25, -0.2) is 0 Å². The molecule has 0 N–H and O–H groups in total. The Morgan fingerprint density at radius 2 is 1.25 bits per heavy atom. The van der Waals surface area contributed by atoms with Gasteiger partial charge in [-0.3, -0.25) is 4.79 Å². The van der Waals surface area contributed by atoms with E-state index in [1.54, 1.807) is 0 Å².